The van der Waals surface area contributed by atoms with E-state index in [0.29, 0.717) is 67.4 Å². The molecule has 7 saturated heterocycles. The maximum Gasteiger partial charge on any atom is 0.320 e. The number of urea groups is 3. The van der Waals surface area contributed by atoms with Crippen LogP contribution in [0.4, 0.5) is 14.4 Å². The summed E-state index contributed by atoms with van der Waals surface area (Å²) in [5.74, 6) is 2.14. The van der Waals surface area contributed by atoms with Crippen molar-refractivity contribution in [1.29, 1.82) is 0 Å². The summed E-state index contributed by atoms with van der Waals surface area (Å²) in [6.45, 7) is 30.3. The molecule has 15 aliphatic rings. The standard InChI is InChI=1S/C28H43N3O.C27H41N3O2.C21H31N3O.C13H18O4S.C6H12O2.C6H10O2.C6H10O/c1-26(13-8-14-26)19-20-30-22-27(31(25(30)32)21-23-9-7-10-23)15-17-28(18-16-27,29(2)3)24-11-5-4-6-12-24;1-28(2)27(23-10-4-3-5-11-23)16-14-25(15-17-27)21-29(19-18-26(32)12-7-13-26)24(31)30(25)20-22-8-6-9-22;1-23(2)21(18-9-4-3-5-10-18)13-11-20(12-14-21)16-22-19(25)24(20)15-17-7-6-8-17;1-11-3-5-12(6-4-11)18(14,15)17-8-7-13(2)9-16-10-13;2*1-6(2-3-7)4-8-5-6;1-3-6(2)4-7-5-6/h4-6,11-12,23H,7-10,13-22H2,1-3H3;3-5,10-11,22,32H,6-9,12-21H2,1-2H3;3-5,9-10,17H,6-8,11-16H2,1-2H3,(H,22,25);3-6H,7-10H2,1-2H3;7H,2-5H2,1H3;3H,2,4-5H2,1H3;3H,1,4-5H2,2H3. The monoisotopic (exact) mass is 1820 g/mol. The second kappa shape index (κ2) is 42.9. The summed E-state index contributed by atoms with van der Waals surface area (Å²) in [6.07, 6.45) is 38.9. The van der Waals surface area contributed by atoms with Gasteiger partial charge in [-0.25, -0.2) is 14.4 Å². The van der Waals surface area contributed by atoms with Gasteiger partial charge in [0.2, 0.25) is 0 Å². The second-order valence-corrected chi connectivity index (χ2v) is 46.6. The number of aldehydes is 1. The van der Waals surface area contributed by atoms with E-state index < -0.39 is 15.7 Å². The molecule has 130 heavy (non-hydrogen) atoms. The third kappa shape index (κ3) is 23.5. The first-order chi connectivity index (χ1) is 62.0. The molecule has 0 unspecified atom stereocenters. The number of nitrogens with one attached hydrogen (secondary N) is 1. The van der Waals surface area contributed by atoms with Gasteiger partial charge in [0.05, 0.1) is 86.6 Å². The summed E-state index contributed by atoms with van der Waals surface area (Å²) in [5, 5.41) is 22.3. The van der Waals surface area contributed by atoms with Crippen LogP contribution in [0, 0.1) is 51.8 Å². The van der Waals surface area contributed by atoms with Crippen molar-refractivity contribution in [2.75, 3.05) is 161 Å². The number of carbonyl (C=O) groups excluding carboxylic acids is 4. The molecule has 4 aromatic rings. The van der Waals surface area contributed by atoms with E-state index in [-0.39, 0.29) is 67.6 Å². The topological polar surface area (TPSA) is 227 Å². The van der Waals surface area contributed by atoms with Crippen molar-refractivity contribution >= 4 is 34.5 Å². The van der Waals surface area contributed by atoms with E-state index >= 15 is 0 Å². The Morgan fingerprint density at radius 1 is 0.462 bits per heavy atom. The molecule has 3 N–H and O–H groups in total. The maximum atomic E-state index is 13.7. The average molecular weight is 1820 g/mol. The summed E-state index contributed by atoms with van der Waals surface area (Å²) in [6, 6.07) is 40.4. The molecule has 15 fully saturated rings. The van der Waals surface area contributed by atoms with E-state index in [1.165, 1.54) is 100 Å². The fourth-order valence-electron chi connectivity index (χ4n) is 22.9. The lowest BCUT2D eigenvalue weighted by atomic mass is 9.67. The lowest BCUT2D eigenvalue weighted by molar-refractivity contribution is -0.127. The number of aliphatic hydroxyl groups is 2. The molecule has 8 saturated carbocycles. The molecule has 4 aromatic carbocycles. The Morgan fingerprint density at radius 3 is 1.13 bits per heavy atom. The molecule has 722 valence electrons. The molecular formula is C107H165N9O13S. The number of benzene rings is 4. The van der Waals surface area contributed by atoms with E-state index in [2.05, 4.69) is 219 Å². The van der Waals surface area contributed by atoms with Crippen molar-refractivity contribution in [1.82, 2.24) is 44.5 Å². The molecule has 22 nitrogen and oxygen atoms in total. The van der Waals surface area contributed by atoms with Crippen LogP contribution in [-0.4, -0.2) is 265 Å². The van der Waals surface area contributed by atoms with Gasteiger partial charge in [-0.05, 0) is 275 Å². The van der Waals surface area contributed by atoms with Crippen molar-refractivity contribution in [3.8, 4) is 0 Å². The molecule has 0 bridgehead atoms. The molecular weight excluding hydrogens is 1650 g/mol. The normalized spacial score (nSPS) is 29.2. The number of aliphatic hydroxyl groups excluding tert-OH is 1. The number of aryl methyl sites for hydroxylation is 1. The Labute approximate surface area is 781 Å². The van der Waals surface area contributed by atoms with Crippen LogP contribution in [0.3, 0.4) is 0 Å². The minimum Gasteiger partial charge on any atom is -0.396 e. The highest BCUT2D eigenvalue weighted by Gasteiger charge is 2.59. The second-order valence-electron chi connectivity index (χ2n) is 45.0. The van der Waals surface area contributed by atoms with E-state index in [1.54, 1.807) is 24.3 Å². The van der Waals surface area contributed by atoms with Gasteiger partial charge in [0, 0.05) is 104 Å². The zero-order chi connectivity index (χ0) is 92.9. The first-order valence-corrected chi connectivity index (χ1v) is 51.5. The number of carbonyl (C=O) groups is 4. The number of hydrogen-bond acceptors (Lipinski definition) is 16. The molecule has 6 amide bonds. The Bertz CT molecular complexity index is 4240. The third-order valence-corrected chi connectivity index (χ3v) is 35.6. The van der Waals surface area contributed by atoms with Crippen molar-refractivity contribution in [2.24, 2.45) is 44.8 Å². The fraction of sp³-hybridized carbons (Fsp3) is 0.720. The Kier molecular flexibility index (Phi) is 33.4. The van der Waals surface area contributed by atoms with Crippen LogP contribution in [0.1, 0.15) is 262 Å². The molecule has 7 aliphatic heterocycles. The lowest BCUT2D eigenvalue weighted by Gasteiger charge is -2.51. The summed E-state index contributed by atoms with van der Waals surface area (Å²) in [5.41, 5.74) is 6.37. The zero-order valence-corrected chi connectivity index (χ0v) is 82.6. The van der Waals surface area contributed by atoms with Crippen molar-refractivity contribution in [3.63, 3.8) is 0 Å². The number of rotatable bonds is 28. The predicted molar refractivity (Wildman–Crippen MR) is 516 cm³/mol. The number of hydrogen-bond donors (Lipinski definition) is 3. The van der Waals surface area contributed by atoms with E-state index in [1.807, 2.05) is 13.0 Å². The van der Waals surface area contributed by atoms with E-state index in [9.17, 15) is 32.7 Å². The lowest BCUT2D eigenvalue weighted by Crippen LogP contribution is -2.56. The molecule has 0 aromatic heterocycles. The van der Waals surface area contributed by atoms with Crippen LogP contribution in [0.15, 0.2) is 133 Å². The minimum atomic E-state index is -3.62. The maximum absolute atomic E-state index is 13.7. The van der Waals surface area contributed by atoms with Gasteiger partial charge in [0.25, 0.3) is 10.1 Å². The minimum absolute atomic E-state index is 0.0385. The van der Waals surface area contributed by atoms with Crippen LogP contribution in [0.2, 0.25) is 0 Å². The summed E-state index contributed by atoms with van der Waals surface area (Å²) < 4.78 is 48.8. The van der Waals surface area contributed by atoms with Crippen LogP contribution in [0.5, 0.6) is 0 Å². The largest absolute Gasteiger partial charge is 0.396 e. The van der Waals surface area contributed by atoms with Gasteiger partial charge in [0.1, 0.15) is 6.29 Å². The molecule has 23 heteroatoms. The molecule has 0 atom stereocenters. The first kappa shape index (κ1) is 101. The Balaban J connectivity index is 0.000000138. The van der Waals surface area contributed by atoms with Crippen LogP contribution in [-0.2, 0) is 54.7 Å². The Hall–Kier alpha value is -6.35. The Morgan fingerprint density at radius 2 is 0.838 bits per heavy atom. The molecule has 19 rings (SSSR count). The van der Waals surface area contributed by atoms with E-state index in [0.717, 1.165) is 218 Å². The van der Waals surface area contributed by atoms with Crippen molar-refractivity contribution < 1.29 is 60.9 Å². The molecule has 8 aliphatic carbocycles. The van der Waals surface area contributed by atoms with Gasteiger partial charge >= 0.3 is 18.1 Å². The quantitative estimate of drug-likeness (QED) is 0.0273. The highest BCUT2D eigenvalue weighted by Crippen LogP contribution is 2.55. The van der Waals surface area contributed by atoms with Gasteiger partial charge in [-0.15, -0.1) is 6.58 Å². The van der Waals surface area contributed by atoms with Crippen LogP contribution >= 0.6 is 0 Å². The van der Waals surface area contributed by atoms with Gasteiger partial charge in [-0.3, -0.25) is 18.9 Å². The van der Waals surface area contributed by atoms with Crippen molar-refractivity contribution in [2.45, 2.75) is 291 Å². The summed E-state index contributed by atoms with van der Waals surface area (Å²) in [4.78, 5) is 68.4. The molecule has 0 radical (unpaired) electrons. The van der Waals surface area contributed by atoms with Gasteiger partial charge in [-0.2, -0.15) is 8.42 Å². The van der Waals surface area contributed by atoms with Gasteiger partial charge < -0.3 is 63.8 Å². The average Bonchev–Trinajstić information content (AvgIpc) is 1.56. The van der Waals surface area contributed by atoms with E-state index in [4.69, 9.17) is 28.2 Å². The number of nitrogens with zero attached hydrogens (tertiary/aromatic N) is 8. The van der Waals surface area contributed by atoms with Crippen LogP contribution < -0.4 is 5.32 Å². The fourth-order valence-corrected chi connectivity index (χ4v) is 23.8. The highest BCUT2D eigenvalue weighted by molar-refractivity contribution is 7.86. The predicted octanol–water partition coefficient (Wildman–Crippen LogP) is 18.4. The van der Waals surface area contributed by atoms with Crippen LogP contribution in [0.25, 0.3) is 0 Å². The van der Waals surface area contributed by atoms with Crippen molar-refractivity contribution in [3.05, 3.63) is 150 Å². The summed E-state index contributed by atoms with van der Waals surface area (Å²) >= 11 is 0. The smallest absolute Gasteiger partial charge is 0.320 e. The third-order valence-electron chi connectivity index (χ3n) is 34.3. The van der Waals surface area contributed by atoms with Gasteiger partial charge in [-0.1, -0.05) is 175 Å². The molecule has 7 heterocycles. The molecule has 3 spiro atoms. The zero-order valence-electron chi connectivity index (χ0n) is 81.8. The summed E-state index contributed by atoms with van der Waals surface area (Å²) in [7, 11) is 9.68. The highest BCUT2D eigenvalue weighted by atomic mass is 32.2. The number of ether oxygens (including phenoxy) is 4. The SMILES string of the molecule is C=CC1(C)COC1.CC1(CC=O)COC1.CC1(CCO)COC1.CN(C)C1(c2ccccc2)CCC2(CC1)CN(CCC1(C)CCC1)C(=O)N2CC1CCC1.CN(C)C1(c2ccccc2)CCC2(CC1)CN(CCC1(O)CCC1)C(=O)N2CC1CCC1.CN(C)C1(c2ccccc2)CCC2(CC1)CNC(=O)N2CC1CCC1.Cc1ccc(S(=O)(=O)OCCC2(C)COC2)cc1. The van der Waals surface area contributed by atoms with Gasteiger partial charge in [0.15, 0.2) is 0 Å². The number of amides is 6. The first-order valence-electron chi connectivity index (χ1n) is 50.0.